The Morgan fingerprint density at radius 1 is 0.926 bits per heavy atom. The molecule has 5 nitrogen and oxygen atoms in total. The number of nitrogens with one attached hydrogen (secondary N) is 1. The summed E-state index contributed by atoms with van der Waals surface area (Å²) in [5.41, 5.74) is 1.64. The first-order valence-electron chi connectivity index (χ1n) is 8.91. The van der Waals surface area contributed by atoms with Gasteiger partial charge in [-0.2, -0.15) is 0 Å². The molecular weight excluding hydrogens is 360 g/mol. The fourth-order valence-corrected chi connectivity index (χ4v) is 4.35. The molecule has 0 aromatic heterocycles. The highest BCUT2D eigenvalue weighted by Gasteiger charge is 2.22. The van der Waals surface area contributed by atoms with Gasteiger partial charge in [0.15, 0.2) is 0 Å². The lowest BCUT2D eigenvalue weighted by Crippen LogP contribution is -2.25. The Kier molecular flexibility index (Phi) is 4.68. The molecule has 6 heteroatoms. The number of anilines is 1. The van der Waals surface area contributed by atoms with Crippen LogP contribution in [-0.2, 0) is 21.4 Å². The normalized spacial score (nSPS) is 14.8. The number of hydrogen-bond donors (Lipinski definition) is 1. The Balaban J connectivity index is 1.48. The van der Waals surface area contributed by atoms with Crippen molar-refractivity contribution in [1.82, 2.24) is 4.72 Å². The molecule has 0 unspecified atom stereocenters. The average molecular weight is 380 g/mol. The first-order valence-corrected chi connectivity index (χ1v) is 10.4. The van der Waals surface area contributed by atoms with E-state index in [1.807, 2.05) is 42.5 Å². The van der Waals surface area contributed by atoms with Crippen LogP contribution >= 0.6 is 0 Å². The lowest BCUT2D eigenvalue weighted by atomic mass is 10.1. The molecule has 27 heavy (non-hydrogen) atoms. The third-order valence-corrected chi connectivity index (χ3v) is 6.23. The number of carbonyl (C=O) groups is 1. The molecular formula is C21H20N2O3S. The fraction of sp³-hybridized carbons (Fsp3) is 0.190. The van der Waals surface area contributed by atoms with Crippen LogP contribution < -0.4 is 9.62 Å². The zero-order valence-electron chi connectivity index (χ0n) is 14.8. The van der Waals surface area contributed by atoms with Gasteiger partial charge in [-0.05, 0) is 53.1 Å². The second-order valence-electron chi connectivity index (χ2n) is 6.65. The topological polar surface area (TPSA) is 66.5 Å². The lowest BCUT2D eigenvalue weighted by molar-refractivity contribution is -0.117. The summed E-state index contributed by atoms with van der Waals surface area (Å²) < 4.78 is 27.8. The first-order chi connectivity index (χ1) is 13.0. The molecule has 0 aliphatic carbocycles. The minimum Gasteiger partial charge on any atom is -0.312 e. The van der Waals surface area contributed by atoms with Gasteiger partial charge in [-0.3, -0.25) is 4.79 Å². The Labute approximate surface area is 158 Å². The molecule has 3 aromatic rings. The smallest absolute Gasteiger partial charge is 0.240 e. The molecule has 4 rings (SSSR count). The van der Waals surface area contributed by atoms with Crippen molar-refractivity contribution in [1.29, 1.82) is 0 Å². The van der Waals surface area contributed by atoms with Gasteiger partial charge >= 0.3 is 0 Å². The Morgan fingerprint density at radius 3 is 2.37 bits per heavy atom. The van der Waals surface area contributed by atoms with Gasteiger partial charge in [0.1, 0.15) is 0 Å². The van der Waals surface area contributed by atoms with E-state index in [4.69, 9.17) is 0 Å². The third-order valence-electron chi connectivity index (χ3n) is 4.81. The fourth-order valence-electron chi connectivity index (χ4n) is 3.34. The number of fused-ring (bicyclic) bond motifs is 1. The van der Waals surface area contributed by atoms with Crippen LogP contribution in [0, 0.1) is 0 Å². The van der Waals surface area contributed by atoms with E-state index in [2.05, 4.69) is 4.72 Å². The summed E-state index contributed by atoms with van der Waals surface area (Å²) in [7, 11) is -3.62. The standard InChI is InChI=1S/C21H20N2O3S/c24-21-6-3-13-23(21)19-9-11-20(12-10-19)27(25,26)22-15-16-7-8-17-4-1-2-5-18(17)14-16/h1-2,4-5,7-12,14,22H,3,6,13,15H2. The van der Waals surface area contributed by atoms with Crippen LogP contribution in [0.5, 0.6) is 0 Å². The van der Waals surface area contributed by atoms with Crippen molar-refractivity contribution in [2.75, 3.05) is 11.4 Å². The molecule has 138 valence electrons. The van der Waals surface area contributed by atoms with Gasteiger partial charge < -0.3 is 4.90 Å². The molecule has 1 N–H and O–H groups in total. The maximum atomic E-state index is 12.6. The molecule has 0 radical (unpaired) electrons. The van der Waals surface area contributed by atoms with Gasteiger partial charge in [0.05, 0.1) is 4.90 Å². The number of benzene rings is 3. The molecule has 0 spiro atoms. The number of sulfonamides is 1. The van der Waals surface area contributed by atoms with Crippen LogP contribution in [-0.4, -0.2) is 20.9 Å². The monoisotopic (exact) mass is 380 g/mol. The zero-order chi connectivity index (χ0) is 18.9. The third kappa shape index (κ3) is 3.72. The van der Waals surface area contributed by atoms with Crippen LogP contribution in [0.4, 0.5) is 5.69 Å². The summed E-state index contributed by atoms with van der Waals surface area (Å²) in [6, 6.07) is 20.3. The number of carbonyl (C=O) groups excluding carboxylic acids is 1. The Bertz CT molecular complexity index is 1090. The highest BCUT2D eigenvalue weighted by molar-refractivity contribution is 7.89. The second kappa shape index (κ2) is 7.13. The summed E-state index contributed by atoms with van der Waals surface area (Å²) >= 11 is 0. The van der Waals surface area contributed by atoms with Crippen molar-refractivity contribution in [3.63, 3.8) is 0 Å². The van der Waals surface area contributed by atoms with Gasteiger partial charge in [0.2, 0.25) is 15.9 Å². The minimum absolute atomic E-state index is 0.0834. The van der Waals surface area contributed by atoms with E-state index in [0.717, 1.165) is 28.4 Å². The number of amides is 1. The van der Waals surface area contributed by atoms with E-state index < -0.39 is 10.0 Å². The molecule has 0 bridgehead atoms. The van der Waals surface area contributed by atoms with E-state index in [1.54, 1.807) is 29.2 Å². The molecule has 1 fully saturated rings. The number of hydrogen-bond acceptors (Lipinski definition) is 3. The van der Waals surface area contributed by atoms with E-state index in [-0.39, 0.29) is 17.3 Å². The molecule has 3 aromatic carbocycles. The summed E-state index contributed by atoms with van der Waals surface area (Å²) in [6.07, 6.45) is 1.39. The van der Waals surface area contributed by atoms with Crippen LogP contribution in [0.2, 0.25) is 0 Å². The molecule has 1 aliphatic rings. The zero-order valence-corrected chi connectivity index (χ0v) is 15.6. The highest BCUT2D eigenvalue weighted by atomic mass is 32.2. The van der Waals surface area contributed by atoms with E-state index in [9.17, 15) is 13.2 Å². The molecule has 0 atom stereocenters. The van der Waals surface area contributed by atoms with Crippen LogP contribution in [0.3, 0.4) is 0 Å². The predicted octanol–water partition coefficient (Wildman–Crippen LogP) is 3.45. The number of nitrogens with zero attached hydrogens (tertiary/aromatic N) is 1. The predicted molar refractivity (Wildman–Crippen MR) is 106 cm³/mol. The van der Waals surface area contributed by atoms with Crippen molar-refractivity contribution < 1.29 is 13.2 Å². The van der Waals surface area contributed by atoms with E-state index in [0.29, 0.717) is 13.0 Å². The Morgan fingerprint density at radius 2 is 1.67 bits per heavy atom. The van der Waals surface area contributed by atoms with Crippen molar-refractivity contribution in [2.45, 2.75) is 24.3 Å². The summed E-state index contributed by atoms with van der Waals surface area (Å²) in [5.74, 6) is 0.0834. The SMILES string of the molecule is O=C1CCCN1c1ccc(S(=O)(=O)NCc2ccc3ccccc3c2)cc1. The van der Waals surface area contributed by atoms with Crippen LogP contribution in [0.1, 0.15) is 18.4 Å². The van der Waals surface area contributed by atoms with Crippen LogP contribution in [0.25, 0.3) is 10.8 Å². The van der Waals surface area contributed by atoms with E-state index >= 15 is 0 Å². The van der Waals surface area contributed by atoms with Gasteiger partial charge in [0, 0.05) is 25.2 Å². The summed E-state index contributed by atoms with van der Waals surface area (Å²) in [4.78, 5) is 13.7. The maximum Gasteiger partial charge on any atom is 0.240 e. The largest absolute Gasteiger partial charge is 0.312 e. The molecule has 1 saturated heterocycles. The van der Waals surface area contributed by atoms with Gasteiger partial charge in [0.25, 0.3) is 0 Å². The summed E-state index contributed by atoms with van der Waals surface area (Å²) in [5, 5.41) is 2.20. The second-order valence-corrected chi connectivity index (χ2v) is 8.42. The maximum absolute atomic E-state index is 12.6. The van der Waals surface area contributed by atoms with Gasteiger partial charge in [-0.25, -0.2) is 13.1 Å². The molecule has 1 aliphatic heterocycles. The Hall–Kier alpha value is -2.70. The van der Waals surface area contributed by atoms with E-state index in [1.165, 1.54) is 0 Å². The quantitative estimate of drug-likeness (QED) is 0.737. The van der Waals surface area contributed by atoms with Crippen LogP contribution in [0.15, 0.2) is 71.6 Å². The molecule has 0 saturated carbocycles. The van der Waals surface area contributed by atoms with Gasteiger partial charge in [-0.15, -0.1) is 0 Å². The average Bonchev–Trinajstić information content (AvgIpc) is 3.12. The van der Waals surface area contributed by atoms with Crippen molar-refractivity contribution >= 4 is 32.4 Å². The number of rotatable bonds is 5. The van der Waals surface area contributed by atoms with Gasteiger partial charge in [-0.1, -0.05) is 36.4 Å². The highest BCUT2D eigenvalue weighted by Crippen LogP contribution is 2.23. The van der Waals surface area contributed by atoms with Crippen molar-refractivity contribution in [3.8, 4) is 0 Å². The van der Waals surface area contributed by atoms with Crippen molar-refractivity contribution in [2.24, 2.45) is 0 Å². The lowest BCUT2D eigenvalue weighted by Gasteiger charge is -2.16. The first kappa shape index (κ1) is 17.7. The molecule has 1 amide bonds. The minimum atomic E-state index is -3.62. The summed E-state index contributed by atoms with van der Waals surface area (Å²) in [6.45, 7) is 0.907. The molecule has 1 heterocycles. The van der Waals surface area contributed by atoms with Crippen molar-refractivity contribution in [3.05, 3.63) is 72.3 Å².